The third kappa shape index (κ3) is 9.08. The van der Waals surface area contributed by atoms with E-state index in [1.54, 1.807) is 0 Å². The van der Waals surface area contributed by atoms with E-state index in [9.17, 15) is 4.79 Å². The first-order valence-electron chi connectivity index (χ1n) is 4.75. The summed E-state index contributed by atoms with van der Waals surface area (Å²) in [6.45, 7) is 2.47. The summed E-state index contributed by atoms with van der Waals surface area (Å²) in [6.07, 6.45) is 6.93. The Bertz CT molecular complexity index is 152. The molecule has 0 radical (unpaired) electrons. The van der Waals surface area contributed by atoms with Crippen molar-refractivity contribution < 1.29 is 14.6 Å². The van der Waals surface area contributed by atoms with Crippen LogP contribution in [-0.4, -0.2) is 24.3 Å². The number of carbonyl (C=O) groups excluding carboxylic acids is 1. The zero-order chi connectivity index (χ0) is 9.94. The fourth-order valence-corrected chi connectivity index (χ4v) is 0.787. The number of unbranched alkanes of at least 4 members (excludes halogenated alkanes) is 2. The van der Waals surface area contributed by atoms with Gasteiger partial charge in [0.25, 0.3) is 0 Å². The fraction of sp³-hybridized carbons (Fsp3) is 0.700. The SMILES string of the molecule is CCCCC=CC(=O)OCCCO. The summed E-state index contributed by atoms with van der Waals surface area (Å²) in [5.41, 5.74) is 0. The Kier molecular flexibility index (Phi) is 8.67. The third-order valence-electron chi connectivity index (χ3n) is 1.53. The summed E-state index contributed by atoms with van der Waals surface area (Å²) in [5.74, 6) is -0.315. The molecule has 0 bridgehead atoms. The lowest BCUT2D eigenvalue weighted by Gasteiger charge is -1.98. The van der Waals surface area contributed by atoms with Crippen molar-refractivity contribution in [2.75, 3.05) is 13.2 Å². The highest BCUT2D eigenvalue weighted by Crippen LogP contribution is 1.95. The number of hydrogen-bond donors (Lipinski definition) is 1. The highest BCUT2D eigenvalue weighted by atomic mass is 16.5. The topological polar surface area (TPSA) is 46.5 Å². The van der Waals surface area contributed by atoms with Gasteiger partial charge in [0, 0.05) is 19.1 Å². The number of rotatable bonds is 7. The Morgan fingerprint density at radius 1 is 1.46 bits per heavy atom. The van der Waals surface area contributed by atoms with E-state index in [0.29, 0.717) is 13.0 Å². The molecule has 0 aromatic rings. The summed E-state index contributed by atoms with van der Waals surface area (Å²) in [6, 6.07) is 0. The second-order valence-corrected chi connectivity index (χ2v) is 2.79. The molecule has 0 spiro atoms. The lowest BCUT2D eigenvalue weighted by atomic mass is 10.2. The molecule has 1 N–H and O–H groups in total. The van der Waals surface area contributed by atoms with Crippen LogP contribution in [0.5, 0.6) is 0 Å². The number of ether oxygens (including phenoxy) is 1. The normalized spacial score (nSPS) is 10.6. The minimum absolute atomic E-state index is 0.0623. The van der Waals surface area contributed by atoms with E-state index in [-0.39, 0.29) is 12.6 Å². The summed E-state index contributed by atoms with van der Waals surface area (Å²) < 4.78 is 4.78. The smallest absolute Gasteiger partial charge is 0.330 e. The molecule has 76 valence electrons. The Hall–Kier alpha value is -0.830. The van der Waals surface area contributed by atoms with Crippen LogP contribution in [0.4, 0.5) is 0 Å². The molecule has 0 saturated carbocycles. The second-order valence-electron chi connectivity index (χ2n) is 2.79. The Morgan fingerprint density at radius 2 is 2.23 bits per heavy atom. The molecule has 13 heavy (non-hydrogen) atoms. The maximum atomic E-state index is 10.9. The van der Waals surface area contributed by atoms with Crippen LogP contribution in [0.3, 0.4) is 0 Å². The van der Waals surface area contributed by atoms with Gasteiger partial charge >= 0.3 is 5.97 Å². The number of esters is 1. The lowest BCUT2D eigenvalue weighted by molar-refractivity contribution is -0.138. The molecule has 0 aliphatic rings. The van der Waals surface area contributed by atoms with Crippen LogP contribution in [-0.2, 0) is 9.53 Å². The standard InChI is InChI=1S/C10H18O3/c1-2-3-4-5-7-10(12)13-9-6-8-11/h5,7,11H,2-4,6,8-9H2,1H3. The van der Waals surface area contributed by atoms with Gasteiger partial charge in [-0.05, 0) is 6.42 Å². The van der Waals surface area contributed by atoms with Crippen molar-refractivity contribution in [3.05, 3.63) is 12.2 Å². The van der Waals surface area contributed by atoms with Crippen LogP contribution in [0.2, 0.25) is 0 Å². The van der Waals surface area contributed by atoms with Gasteiger partial charge in [0.15, 0.2) is 0 Å². The Labute approximate surface area is 79.4 Å². The van der Waals surface area contributed by atoms with E-state index in [1.165, 1.54) is 6.08 Å². The van der Waals surface area contributed by atoms with E-state index in [1.807, 2.05) is 6.08 Å². The monoisotopic (exact) mass is 186 g/mol. The van der Waals surface area contributed by atoms with Gasteiger partial charge < -0.3 is 9.84 Å². The zero-order valence-corrected chi connectivity index (χ0v) is 8.16. The van der Waals surface area contributed by atoms with Gasteiger partial charge in [0.2, 0.25) is 0 Å². The summed E-state index contributed by atoms with van der Waals surface area (Å²) in [4.78, 5) is 10.9. The van der Waals surface area contributed by atoms with Gasteiger partial charge in [-0.15, -0.1) is 0 Å². The highest BCUT2D eigenvalue weighted by molar-refractivity contribution is 5.81. The van der Waals surface area contributed by atoms with E-state index in [2.05, 4.69) is 6.92 Å². The van der Waals surface area contributed by atoms with Crippen LogP contribution in [0, 0.1) is 0 Å². The molecule has 0 saturated heterocycles. The molecular formula is C10H18O3. The van der Waals surface area contributed by atoms with Gasteiger partial charge in [0.05, 0.1) is 6.61 Å². The van der Waals surface area contributed by atoms with Gasteiger partial charge in [0.1, 0.15) is 0 Å². The van der Waals surface area contributed by atoms with Crippen molar-refractivity contribution in [1.82, 2.24) is 0 Å². The summed E-state index contributed by atoms with van der Waals surface area (Å²) in [5, 5.41) is 8.42. The quantitative estimate of drug-likeness (QED) is 0.373. The molecule has 3 heteroatoms. The maximum Gasteiger partial charge on any atom is 0.330 e. The zero-order valence-electron chi connectivity index (χ0n) is 8.16. The number of carbonyl (C=O) groups is 1. The highest BCUT2D eigenvalue weighted by Gasteiger charge is 1.94. The first-order chi connectivity index (χ1) is 6.31. The van der Waals surface area contributed by atoms with Gasteiger partial charge in [-0.3, -0.25) is 0 Å². The molecule has 0 aliphatic heterocycles. The number of aliphatic hydroxyl groups excluding tert-OH is 1. The predicted molar refractivity (Wildman–Crippen MR) is 51.3 cm³/mol. The second kappa shape index (κ2) is 9.26. The first-order valence-corrected chi connectivity index (χ1v) is 4.75. The minimum atomic E-state index is -0.315. The summed E-state index contributed by atoms with van der Waals surface area (Å²) >= 11 is 0. The lowest BCUT2D eigenvalue weighted by Crippen LogP contribution is -2.03. The molecule has 0 heterocycles. The van der Waals surface area contributed by atoms with Gasteiger partial charge in [-0.1, -0.05) is 25.8 Å². The number of aliphatic hydroxyl groups is 1. The van der Waals surface area contributed by atoms with Crippen LogP contribution >= 0.6 is 0 Å². The number of hydrogen-bond acceptors (Lipinski definition) is 3. The third-order valence-corrected chi connectivity index (χ3v) is 1.53. The van der Waals surface area contributed by atoms with E-state index in [0.717, 1.165) is 19.3 Å². The molecular weight excluding hydrogens is 168 g/mol. The molecule has 0 atom stereocenters. The fourth-order valence-electron chi connectivity index (χ4n) is 0.787. The largest absolute Gasteiger partial charge is 0.462 e. The van der Waals surface area contributed by atoms with Crippen LogP contribution in [0.1, 0.15) is 32.6 Å². The average Bonchev–Trinajstić information content (AvgIpc) is 2.13. The first kappa shape index (κ1) is 12.2. The molecule has 0 aliphatic carbocycles. The minimum Gasteiger partial charge on any atom is -0.462 e. The van der Waals surface area contributed by atoms with Crippen LogP contribution in [0.25, 0.3) is 0 Å². The predicted octanol–water partition coefficient (Wildman–Crippen LogP) is 1.66. The molecule has 0 rings (SSSR count). The molecule has 0 fully saturated rings. The van der Waals surface area contributed by atoms with Crippen molar-refractivity contribution in [2.45, 2.75) is 32.6 Å². The van der Waals surface area contributed by atoms with Crippen LogP contribution < -0.4 is 0 Å². The van der Waals surface area contributed by atoms with E-state index < -0.39 is 0 Å². The Balaban J connectivity index is 3.33. The van der Waals surface area contributed by atoms with Crippen molar-refractivity contribution in [2.24, 2.45) is 0 Å². The van der Waals surface area contributed by atoms with Gasteiger partial charge in [-0.2, -0.15) is 0 Å². The van der Waals surface area contributed by atoms with Crippen molar-refractivity contribution in [3.8, 4) is 0 Å². The van der Waals surface area contributed by atoms with E-state index in [4.69, 9.17) is 9.84 Å². The molecule has 0 aromatic carbocycles. The molecule has 0 aromatic heterocycles. The van der Waals surface area contributed by atoms with Crippen molar-refractivity contribution >= 4 is 5.97 Å². The van der Waals surface area contributed by atoms with Gasteiger partial charge in [-0.25, -0.2) is 4.79 Å². The number of allylic oxidation sites excluding steroid dienone is 1. The Morgan fingerprint density at radius 3 is 2.85 bits per heavy atom. The van der Waals surface area contributed by atoms with Crippen molar-refractivity contribution in [1.29, 1.82) is 0 Å². The maximum absolute atomic E-state index is 10.9. The summed E-state index contributed by atoms with van der Waals surface area (Å²) in [7, 11) is 0. The van der Waals surface area contributed by atoms with E-state index >= 15 is 0 Å². The molecule has 0 unspecified atom stereocenters. The van der Waals surface area contributed by atoms with Crippen molar-refractivity contribution in [3.63, 3.8) is 0 Å². The van der Waals surface area contributed by atoms with Crippen LogP contribution in [0.15, 0.2) is 12.2 Å². The average molecular weight is 186 g/mol. The molecule has 3 nitrogen and oxygen atoms in total. The molecule has 0 amide bonds.